The van der Waals surface area contributed by atoms with Gasteiger partial charge in [0.05, 0.1) is 37.4 Å². The quantitative estimate of drug-likeness (QED) is 0.0816. The van der Waals surface area contributed by atoms with Crippen LogP contribution in [-0.4, -0.2) is 143 Å². The number of nitrogens with two attached hydrogens (primary N) is 5. The van der Waals surface area contributed by atoms with Crippen molar-refractivity contribution in [2.45, 2.75) is 124 Å². The first kappa shape index (κ1) is 34.3. The van der Waals surface area contributed by atoms with Crippen LogP contribution in [0.4, 0.5) is 4.39 Å². The van der Waals surface area contributed by atoms with Crippen molar-refractivity contribution >= 4 is 11.7 Å². The van der Waals surface area contributed by atoms with Crippen LogP contribution in [0.15, 0.2) is 9.98 Å². The average Bonchev–Trinajstić information content (AvgIpc) is 2.93. The van der Waals surface area contributed by atoms with Crippen LogP contribution in [0.1, 0.15) is 39.0 Å². The van der Waals surface area contributed by atoms with Gasteiger partial charge in [-0.25, -0.2) is 4.39 Å². The van der Waals surface area contributed by atoms with Crippen LogP contribution in [-0.2, 0) is 18.9 Å². The highest BCUT2D eigenvalue weighted by Crippen LogP contribution is 2.35. The number of ether oxygens (including phenoxy) is 4. The van der Waals surface area contributed by atoms with Crippen LogP contribution in [0.2, 0.25) is 0 Å². The molecule has 16 nitrogen and oxygen atoms in total. The van der Waals surface area contributed by atoms with Gasteiger partial charge in [-0.2, -0.15) is 0 Å². The molecule has 4 aliphatic rings. The van der Waals surface area contributed by atoms with E-state index in [1.54, 1.807) is 7.05 Å². The van der Waals surface area contributed by atoms with E-state index < -0.39 is 85.1 Å². The first-order valence-electron chi connectivity index (χ1n) is 14.7. The lowest BCUT2D eigenvalue weighted by atomic mass is 9.75. The third-order valence-corrected chi connectivity index (χ3v) is 8.83. The van der Waals surface area contributed by atoms with Crippen molar-refractivity contribution in [1.82, 2.24) is 5.32 Å². The molecule has 2 aliphatic heterocycles. The summed E-state index contributed by atoms with van der Waals surface area (Å²) in [5, 5.41) is 47.0. The molecular weight excluding hydrogens is 571 g/mol. The molecule has 0 aromatic rings. The van der Waals surface area contributed by atoms with E-state index in [2.05, 4.69) is 15.3 Å². The van der Waals surface area contributed by atoms with Gasteiger partial charge in [-0.05, 0) is 46.1 Å². The number of hydrogen-bond acceptors (Lipinski definition) is 14. The lowest BCUT2D eigenvalue weighted by Gasteiger charge is -2.48. The van der Waals surface area contributed by atoms with E-state index >= 15 is 0 Å². The molecule has 248 valence electrons. The lowest BCUT2D eigenvalue weighted by Crippen LogP contribution is -2.68. The van der Waals surface area contributed by atoms with Gasteiger partial charge in [0.15, 0.2) is 12.6 Å². The van der Waals surface area contributed by atoms with Gasteiger partial charge in [0, 0.05) is 12.1 Å². The van der Waals surface area contributed by atoms with Crippen molar-refractivity contribution in [2.75, 3.05) is 26.9 Å². The van der Waals surface area contributed by atoms with E-state index in [4.69, 9.17) is 47.6 Å². The molecule has 0 aromatic carbocycles. The Morgan fingerprint density at radius 2 is 1.70 bits per heavy atom. The zero-order valence-electron chi connectivity index (χ0n) is 24.7. The first-order valence-corrected chi connectivity index (χ1v) is 14.7. The van der Waals surface area contributed by atoms with Crippen LogP contribution >= 0.6 is 0 Å². The summed E-state index contributed by atoms with van der Waals surface area (Å²) >= 11 is 0. The average molecular weight is 621 g/mol. The third kappa shape index (κ3) is 7.62. The fraction of sp³-hybridized carbons (Fsp3) is 0.923. The topological polar surface area (TPSA) is 285 Å². The number of aliphatic hydroxyl groups excluding tert-OH is 2. The van der Waals surface area contributed by atoms with E-state index in [-0.39, 0.29) is 50.1 Å². The number of halogens is 1. The van der Waals surface area contributed by atoms with Gasteiger partial charge in [0.2, 0.25) is 0 Å². The minimum absolute atomic E-state index is 0.0682. The van der Waals surface area contributed by atoms with Crippen LogP contribution in [0, 0.1) is 0 Å². The van der Waals surface area contributed by atoms with Crippen molar-refractivity contribution < 1.29 is 43.8 Å². The molecule has 0 radical (unpaired) electrons. The second-order valence-electron chi connectivity index (χ2n) is 12.5. The zero-order valence-corrected chi connectivity index (χ0v) is 24.7. The SMILES string of the molecule is CNC1C(O)C(OC2C(N=C(N)C3(O)CC(N)C3)CC(N)C(OC3OC(CN=C(N)CF)CCC3N)C2O)OCC1(C)O. The monoisotopic (exact) mass is 620 g/mol. The minimum atomic E-state index is -1.44. The lowest BCUT2D eigenvalue weighted by molar-refractivity contribution is -0.306. The molecule has 2 heterocycles. The van der Waals surface area contributed by atoms with Gasteiger partial charge in [-0.1, -0.05) is 0 Å². The van der Waals surface area contributed by atoms with E-state index in [0.717, 1.165) is 0 Å². The second kappa shape index (κ2) is 13.8. The van der Waals surface area contributed by atoms with Crippen LogP contribution in [0.5, 0.6) is 0 Å². The van der Waals surface area contributed by atoms with E-state index in [1.165, 1.54) is 6.92 Å². The summed E-state index contributed by atoms with van der Waals surface area (Å²) in [6, 6.07) is -3.26. The Labute approximate surface area is 250 Å². The molecule has 12 unspecified atom stereocenters. The molecular formula is C26H49FN8O8. The fourth-order valence-electron chi connectivity index (χ4n) is 6.29. The summed E-state index contributed by atoms with van der Waals surface area (Å²) in [4.78, 5) is 8.49. The summed E-state index contributed by atoms with van der Waals surface area (Å²) in [6.07, 6.45) is -6.09. The van der Waals surface area contributed by atoms with Gasteiger partial charge >= 0.3 is 0 Å². The Hall–Kier alpha value is -1.61. The Balaban J connectivity index is 1.55. The smallest absolute Gasteiger partial charge is 0.185 e. The number of nitrogens with zero attached hydrogens (tertiary/aromatic N) is 2. The molecule has 43 heavy (non-hydrogen) atoms. The number of hydrogen-bond donors (Lipinski definition) is 10. The fourth-order valence-corrected chi connectivity index (χ4v) is 6.29. The number of aliphatic imine (C=N–C) groups is 2. The number of rotatable bonds is 10. The molecule has 0 amide bonds. The molecule has 2 saturated carbocycles. The Bertz CT molecular complexity index is 1000. The highest BCUT2D eigenvalue weighted by molar-refractivity contribution is 5.90. The molecule has 2 saturated heterocycles. The van der Waals surface area contributed by atoms with Gasteiger partial charge in [-0.15, -0.1) is 0 Å². The van der Waals surface area contributed by atoms with E-state index in [0.29, 0.717) is 12.8 Å². The molecule has 0 bridgehead atoms. The molecule has 15 N–H and O–H groups in total. The van der Waals surface area contributed by atoms with Crippen molar-refractivity contribution in [3.8, 4) is 0 Å². The number of amidine groups is 2. The van der Waals surface area contributed by atoms with E-state index in [9.17, 15) is 24.8 Å². The molecule has 0 aromatic heterocycles. The maximum Gasteiger partial charge on any atom is 0.185 e. The minimum Gasteiger partial charge on any atom is -0.388 e. The largest absolute Gasteiger partial charge is 0.388 e. The van der Waals surface area contributed by atoms with Crippen LogP contribution < -0.4 is 34.0 Å². The Kier molecular flexibility index (Phi) is 11.0. The summed E-state index contributed by atoms with van der Waals surface area (Å²) in [7, 11) is 1.58. The number of likely N-dealkylation sites (N-methyl/N-ethyl adjacent to an activating group) is 1. The standard InChI is InChI=1S/C26H49FN8O8/c1-25(38)10-40-23(18(37)21(25)33-2)43-20-15(35-24(32)26(39)6-11(28)7-26)5-14(30)19(17(20)36)42-22-13(29)4-3-12(41-22)9-34-16(31)8-27/h11-15,17-23,33,36-39H,3-10,28-30H2,1-2H3,(H2,31,34)(H2,32,35). The van der Waals surface area contributed by atoms with Gasteiger partial charge in [0.1, 0.15) is 54.0 Å². The number of alkyl halides is 1. The summed E-state index contributed by atoms with van der Waals surface area (Å²) < 4.78 is 36.7. The molecule has 0 spiro atoms. The number of nitrogens with one attached hydrogen (secondary N) is 1. The normalized spacial score (nSPS) is 48.1. The molecule has 4 rings (SSSR count). The van der Waals surface area contributed by atoms with E-state index in [1.807, 2.05) is 0 Å². The zero-order chi connectivity index (χ0) is 31.7. The molecule has 2 aliphatic carbocycles. The molecule has 12 atom stereocenters. The number of aliphatic hydroxyl groups is 4. The van der Waals surface area contributed by atoms with Gasteiger partial charge in [-0.3, -0.25) is 9.98 Å². The summed E-state index contributed by atoms with van der Waals surface area (Å²) in [6.45, 7) is 0.587. The predicted octanol–water partition coefficient (Wildman–Crippen LogP) is -4.36. The Morgan fingerprint density at radius 1 is 1.02 bits per heavy atom. The Morgan fingerprint density at radius 3 is 2.33 bits per heavy atom. The van der Waals surface area contributed by atoms with Crippen molar-refractivity contribution in [3.63, 3.8) is 0 Å². The predicted molar refractivity (Wildman–Crippen MR) is 153 cm³/mol. The third-order valence-electron chi connectivity index (χ3n) is 8.83. The molecule has 17 heteroatoms. The van der Waals surface area contributed by atoms with Crippen LogP contribution in [0.3, 0.4) is 0 Å². The summed E-state index contributed by atoms with van der Waals surface area (Å²) in [5.74, 6) is -0.212. The first-order chi connectivity index (χ1) is 20.2. The summed E-state index contributed by atoms with van der Waals surface area (Å²) in [5.41, 5.74) is 27.5. The van der Waals surface area contributed by atoms with Gasteiger partial charge < -0.3 is 73.4 Å². The van der Waals surface area contributed by atoms with Crippen molar-refractivity contribution in [2.24, 2.45) is 38.7 Å². The maximum atomic E-state index is 12.7. The van der Waals surface area contributed by atoms with Crippen molar-refractivity contribution in [1.29, 1.82) is 0 Å². The van der Waals surface area contributed by atoms with Crippen LogP contribution in [0.25, 0.3) is 0 Å². The highest BCUT2D eigenvalue weighted by atomic mass is 19.1. The van der Waals surface area contributed by atoms with Crippen molar-refractivity contribution in [3.05, 3.63) is 0 Å². The molecule has 4 fully saturated rings. The highest BCUT2D eigenvalue weighted by Gasteiger charge is 2.52. The second-order valence-corrected chi connectivity index (χ2v) is 12.5. The van der Waals surface area contributed by atoms with Gasteiger partial charge in [0.25, 0.3) is 0 Å². The maximum absolute atomic E-state index is 12.7.